The first-order chi connectivity index (χ1) is 12.8. The van der Waals surface area contributed by atoms with Gasteiger partial charge in [0.2, 0.25) is 0 Å². The molecule has 136 valence electrons. The minimum atomic E-state index is 0.107. The number of allylic oxidation sites excluding steroid dienone is 1. The van der Waals surface area contributed by atoms with Crippen LogP contribution in [0.1, 0.15) is 41.5 Å². The molecule has 0 atom stereocenters. The summed E-state index contributed by atoms with van der Waals surface area (Å²) in [5, 5.41) is 9.36. The molecule has 3 nitrogen and oxygen atoms in total. The van der Waals surface area contributed by atoms with Crippen LogP contribution in [-0.2, 0) is 13.0 Å². The molecule has 0 bridgehead atoms. The molecule has 0 amide bonds. The second-order valence-electron chi connectivity index (χ2n) is 7.23. The van der Waals surface area contributed by atoms with Crippen LogP contribution in [0.2, 0.25) is 0 Å². The molecule has 1 saturated heterocycles. The molecule has 2 aromatic rings. The van der Waals surface area contributed by atoms with Crippen LogP contribution in [0.3, 0.4) is 0 Å². The number of aryl methyl sites for hydroxylation is 1. The quantitative estimate of drug-likeness (QED) is 0.855. The van der Waals surface area contributed by atoms with Crippen molar-refractivity contribution < 1.29 is 9.84 Å². The smallest absolute Gasteiger partial charge is 0.119 e. The molecule has 2 aliphatic rings. The minimum Gasteiger partial charge on any atom is -0.492 e. The fraction of sp³-hybridized carbons (Fsp3) is 0.391. The summed E-state index contributed by atoms with van der Waals surface area (Å²) in [6, 6.07) is 14.8. The first-order valence-corrected chi connectivity index (χ1v) is 9.72. The molecule has 3 heteroatoms. The number of rotatable bonds is 6. The molecule has 1 heterocycles. The summed E-state index contributed by atoms with van der Waals surface area (Å²) in [6.45, 7) is 4.32. The van der Waals surface area contributed by atoms with Gasteiger partial charge in [0.25, 0.3) is 0 Å². The molecule has 2 aromatic carbocycles. The number of aliphatic hydroxyl groups excluding tert-OH is 1. The van der Waals surface area contributed by atoms with E-state index in [1.54, 1.807) is 0 Å². The number of fused-ring (bicyclic) bond motifs is 1. The van der Waals surface area contributed by atoms with Gasteiger partial charge in [0.1, 0.15) is 12.4 Å². The molecule has 0 radical (unpaired) electrons. The largest absolute Gasteiger partial charge is 0.492 e. The van der Waals surface area contributed by atoms with E-state index < -0.39 is 0 Å². The maximum absolute atomic E-state index is 9.36. The van der Waals surface area contributed by atoms with Crippen molar-refractivity contribution in [2.75, 3.05) is 26.2 Å². The summed E-state index contributed by atoms with van der Waals surface area (Å²) in [7, 11) is 0. The second-order valence-corrected chi connectivity index (χ2v) is 7.23. The molecule has 1 aliphatic carbocycles. The lowest BCUT2D eigenvalue weighted by molar-refractivity contribution is 0.238. The summed E-state index contributed by atoms with van der Waals surface area (Å²) in [4.78, 5) is 2.47. The fourth-order valence-corrected chi connectivity index (χ4v) is 4.00. The van der Waals surface area contributed by atoms with E-state index in [0.29, 0.717) is 0 Å². The molecular formula is C23H27NO2. The number of likely N-dealkylation sites (tertiary alicyclic amines) is 1. The minimum absolute atomic E-state index is 0.107. The summed E-state index contributed by atoms with van der Waals surface area (Å²) in [5.41, 5.74) is 6.14. The van der Waals surface area contributed by atoms with Gasteiger partial charge < -0.3 is 9.84 Å². The average molecular weight is 349 g/mol. The van der Waals surface area contributed by atoms with E-state index in [4.69, 9.17) is 4.74 Å². The predicted octanol–water partition coefficient (Wildman–Crippen LogP) is 4.03. The Morgan fingerprint density at radius 3 is 2.58 bits per heavy atom. The third-order valence-corrected chi connectivity index (χ3v) is 5.44. The maximum atomic E-state index is 9.36. The van der Waals surface area contributed by atoms with E-state index in [-0.39, 0.29) is 6.61 Å². The Morgan fingerprint density at radius 1 is 1.00 bits per heavy atom. The standard InChI is InChI=1S/C23H27NO2/c25-17-18-6-11-23-20(16-18)4-3-5-22(23)19-7-9-21(10-8-19)26-15-14-24-12-1-2-13-24/h5-11,16,25H,1-4,12-15,17H2. The highest BCUT2D eigenvalue weighted by Crippen LogP contribution is 2.33. The zero-order valence-electron chi connectivity index (χ0n) is 15.3. The van der Waals surface area contributed by atoms with Crippen molar-refractivity contribution in [3.63, 3.8) is 0 Å². The highest BCUT2D eigenvalue weighted by atomic mass is 16.5. The molecule has 0 unspecified atom stereocenters. The summed E-state index contributed by atoms with van der Waals surface area (Å²) in [6.07, 6.45) is 7.07. The lowest BCUT2D eigenvalue weighted by Crippen LogP contribution is -2.25. The highest BCUT2D eigenvalue weighted by Gasteiger charge is 2.15. The Balaban J connectivity index is 1.43. The van der Waals surface area contributed by atoms with Gasteiger partial charge in [-0.15, -0.1) is 0 Å². The summed E-state index contributed by atoms with van der Waals surface area (Å²) in [5.74, 6) is 0.945. The normalized spacial score (nSPS) is 17.0. The Bertz CT molecular complexity index is 773. The Labute approximate surface area is 155 Å². The van der Waals surface area contributed by atoms with E-state index in [2.05, 4.69) is 47.4 Å². The summed E-state index contributed by atoms with van der Waals surface area (Å²) < 4.78 is 5.92. The number of nitrogens with zero attached hydrogens (tertiary/aromatic N) is 1. The molecule has 1 N–H and O–H groups in total. The van der Waals surface area contributed by atoms with Crippen LogP contribution in [-0.4, -0.2) is 36.2 Å². The van der Waals surface area contributed by atoms with Gasteiger partial charge in [-0.05, 0) is 78.7 Å². The van der Waals surface area contributed by atoms with Gasteiger partial charge in [0.05, 0.1) is 6.61 Å². The van der Waals surface area contributed by atoms with E-state index in [9.17, 15) is 5.11 Å². The van der Waals surface area contributed by atoms with Crippen molar-refractivity contribution in [3.05, 3.63) is 70.8 Å². The number of hydrogen-bond donors (Lipinski definition) is 1. The Kier molecular flexibility index (Phi) is 5.37. The van der Waals surface area contributed by atoms with Gasteiger partial charge in [0, 0.05) is 6.54 Å². The third kappa shape index (κ3) is 3.84. The molecule has 1 fully saturated rings. The number of aliphatic hydroxyl groups is 1. The van der Waals surface area contributed by atoms with Crippen LogP contribution in [0.5, 0.6) is 5.75 Å². The Morgan fingerprint density at radius 2 is 1.81 bits per heavy atom. The first kappa shape index (κ1) is 17.3. The summed E-state index contributed by atoms with van der Waals surface area (Å²) >= 11 is 0. The van der Waals surface area contributed by atoms with Crippen LogP contribution in [0, 0.1) is 0 Å². The fourth-order valence-electron chi connectivity index (χ4n) is 4.00. The Hall–Kier alpha value is -2.10. The van der Waals surface area contributed by atoms with E-state index >= 15 is 0 Å². The molecule has 0 aromatic heterocycles. The van der Waals surface area contributed by atoms with Gasteiger partial charge in [-0.1, -0.05) is 36.4 Å². The van der Waals surface area contributed by atoms with Gasteiger partial charge in [0.15, 0.2) is 0 Å². The maximum Gasteiger partial charge on any atom is 0.119 e. The van der Waals surface area contributed by atoms with Crippen LogP contribution in [0.15, 0.2) is 48.5 Å². The van der Waals surface area contributed by atoms with Crippen LogP contribution in [0.25, 0.3) is 5.57 Å². The van der Waals surface area contributed by atoms with E-state index in [0.717, 1.165) is 37.3 Å². The van der Waals surface area contributed by atoms with Crippen molar-refractivity contribution in [2.45, 2.75) is 32.3 Å². The van der Waals surface area contributed by atoms with Crippen LogP contribution >= 0.6 is 0 Å². The second kappa shape index (κ2) is 8.07. The van der Waals surface area contributed by atoms with Crippen molar-refractivity contribution >= 4 is 5.57 Å². The van der Waals surface area contributed by atoms with Gasteiger partial charge in [-0.25, -0.2) is 0 Å². The molecule has 4 rings (SSSR count). The number of hydrogen-bond acceptors (Lipinski definition) is 3. The van der Waals surface area contributed by atoms with Crippen LogP contribution in [0.4, 0.5) is 0 Å². The highest BCUT2D eigenvalue weighted by molar-refractivity contribution is 5.82. The molecule has 1 aliphatic heterocycles. The van der Waals surface area contributed by atoms with Gasteiger partial charge in [-0.3, -0.25) is 4.90 Å². The van der Waals surface area contributed by atoms with Crippen LogP contribution < -0.4 is 4.74 Å². The van der Waals surface area contributed by atoms with Crippen molar-refractivity contribution in [1.82, 2.24) is 4.90 Å². The monoisotopic (exact) mass is 349 g/mol. The lowest BCUT2D eigenvalue weighted by Gasteiger charge is -2.19. The first-order valence-electron chi connectivity index (χ1n) is 9.72. The topological polar surface area (TPSA) is 32.7 Å². The van der Waals surface area contributed by atoms with Gasteiger partial charge >= 0.3 is 0 Å². The van der Waals surface area contributed by atoms with Gasteiger partial charge in [-0.2, -0.15) is 0 Å². The predicted molar refractivity (Wildman–Crippen MR) is 105 cm³/mol. The zero-order valence-corrected chi connectivity index (χ0v) is 15.3. The molecule has 0 spiro atoms. The third-order valence-electron chi connectivity index (χ3n) is 5.44. The van der Waals surface area contributed by atoms with E-state index in [1.165, 1.54) is 48.2 Å². The zero-order chi connectivity index (χ0) is 17.8. The molecule has 0 saturated carbocycles. The van der Waals surface area contributed by atoms with E-state index in [1.807, 2.05) is 6.07 Å². The average Bonchev–Trinajstić information content (AvgIpc) is 3.21. The molecular weight excluding hydrogens is 322 g/mol. The SMILES string of the molecule is OCc1ccc2c(c1)CCC=C2c1ccc(OCCN2CCCC2)cc1. The van der Waals surface area contributed by atoms with Crippen molar-refractivity contribution in [3.8, 4) is 5.75 Å². The van der Waals surface area contributed by atoms with Crippen molar-refractivity contribution in [1.29, 1.82) is 0 Å². The number of benzene rings is 2. The lowest BCUT2D eigenvalue weighted by atomic mass is 9.86. The molecule has 26 heavy (non-hydrogen) atoms. The van der Waals surface area contributed by atoms with Crippen molar-refractivity contribution in [2.24, 2.45) is 0 Å². The number of ether oxygens (including phenoxy) is 1.